The van der Waals surface area contributed by atoms with E-state index in [1.165, 1.54) is 6.26 Å². The molecule has 1 aromatic carbocycles. The lowest BCUT2D eigenvalue weighted by molar-refractivity contribution is -0.125. The lowest BCUT2D eigenvalue weighted by Crippen LogP contribution is -2.53. The zero-order valence-electron chi connectivity index (χ0n) is 13.5. The van der Waals surface area contributed by atoms with Crippen molar-refractivity contribution in [3.05, 3.63) is 48.4 Å². The molecule has 1 fully saturated rings. The molecule has 0 radical (unpaired) electrons. The van der Waals surface area contributed by atoms with Crippen molar-refractivity contribution < 1.29 is 18.7 Å². The number of nitrogens with zero attached hydrogens (tertiary/aromatic N) is 1. The summed E-state index contributed by atoms with van der Waals surface area (Å²) in [6.45, 7) is -0.195. The quantitative estimate of drug-likeness (QED) is 0.841. The van der Waals surface area contributed by atoms with Gasteiger partial charge in [0.15, 0.2) is 12.4 Å². The number of rotatable bonds is 6. The zero-order valence-corrected chi connectivity index (χ0v) is 13.5. The molecular weight excluding hydrogens is 322 g/mol. The van der Waals surface area contributed by atoms with Crippen LogP contribution in [0.1, 0.15) is 29.8 Å². The van der Waals surface area contributed by atoms with E-state index in [1.807, 2.05) is 0 Å². The van der Waals surface area contributed by atoms with Crippen LogP contribution in [-0.4, -0.2) is 24.0 Å². The topological polar surface area (TPSA) is 104 Å². The van der Waals surface area contributed by atoms with E-state index >= 15 is 0 Å². The first kappa shape index (κ1) is 16.6. The van der Waals surface area contributed by atoms with E-state index in [4.69, 9.17) is 14.4 Å². The van der Waals surface area contributed by atoms with Crippen LogP contribution in [-0.2, 0) is 4.79 Å². The Morgan fingerprint density at radius 2 is 2.12 bits per heavy atom. The van der Waals surface area contributed by atoms with E-state index in [-0.39, 0.29) is 24.2 Å². The van der Waals surface area contributed by atoms with Gasteiger partial charge in [0.25, 0.3) is 11.8 Å². The van der Waals surface area contributed by atoms with Gasteiger partial charge in [0.05, 0.1) is 12.3 Å². The van der Waals surface area contributed by atoms with E-state index in [0.29, 0.717) is 24.3 Å². The molecule has 0 saturated heterocycles. The highest BCUT2D eigenvalue weighted by Crippen LogP contribution is 2.30. The molecule has 0 atom stereocenters. The van der Waals surface area contributed by atoms with E-state index in [1.54, 1.807) is 36.4 Å². The average molecular weight is 339 g/mol. The fraction of sp³-hybridized carbons (Fsp3) is 0.278. The van der Waals surface area contributed by atoms with Crippen molar-refractivity contribution in [3.63, 3.8) is 0 Å². The van der Waals surface area contributed by atoms with E-state index in [9.17, 15) is 9.59 Å². The van der Waals surface area contributed by atoms with Crippen LogP contribution in [0.2, 0.25) is 0 Å². The minimum absolute atomic E-state index is 0.195. The molecule has 2 N–H and O–H groups in total. The largest absolute Gasteiger partial charge is 0.484 e. The average Bonchev–Trinajstić information content (AvgIpc) is 3.11. The maximum Gasteiger partial charge on any atom is 0.291 e. The number of carbonyl (C=O) groups excluding carboxylic acids is 2. The van der Waals surface area contributed by atoms with Gasteiger partial charge in [-0.05, 0) is 43.5 Å². The fourth-order valence-corrected chi connectivity index (χ4v) is 2.51. The molecule has 1 aliphatic rings. The Hall–Kier alpha value is -3.27. The van der Waals surface area contributed by atoms with E-state index in [2.05, 4.69) is 16.7 Å². The zero-order chi connectivity index (χ0) is 17.7. The third-order valence-corrected chi connectivity index (χ3v) is 4.01. The lowest BCUT2D eigenvalue weighted by atomic mass is 9.78. The molecule has 1 aromatic heterocycles. The van der Waals surface area contributed by atoms with Crippen LogP contribution in [0, 0.1) is 11.3 Å². The first-order valence-electron chi connectivity index (χ1n) is 7.90. The summed E-state index contributed by atoms with van der Waals surface area (Å²) in [5.41, 5.74) is -0.217. The van der Waals surface area contributed by atoms with Crippen molar-refractivity contribution in [1.29, 1.82) is 5.26 Å². The third-order valence-electron chi connectivity index (χ3n) is 4.01. The summed E-state index contributed by atoms with van der Waals surface area (Å²) in [5, 5.41) is 14.5. The van der Waals surface area contributed by atoms with Crippen molar-refractivity contribution in [2.24, 2.45) is 0 Å². The molecule has 2 aromatic rings. The summed E-state index contributed by atoms with van der Waals surface area (Å²) in [6, 6.07) is 12.0. The maximum absolute atomic E-state index is 11.9. The summed E-state index contributed by atoms with van der Waals surface area (Å²) in [7, 11) is 0. The van der Waals surface area contributed by atoms with Crippen molar-refractivity contribution in [3.8, 4) is 11.8 Å². The van der Waals surface area contributed by atoms with Crippen LogP contribution < -0.4 is 15.4 Å². The minimum Gasteiger partial charge on any atom is -0.484 e. The van der Waals surface area contributed by atoms with Gasteiger partial charge in [-0.15, -0.1) is 0 Å². The monoisotopic (exact) mass is 339 g/mol. The van der Waals surface area contributed by atoms with Crippen LogP contribution in [0.3, 0.4) is 0 Å². The molecule has 25 heavy (non-hydrogen) atoms. The minimum atomic E-state index is -0.737. The van der Waals surface area contributed by atoms with Crippen molar-refractivity contribution in [2.75, 3.05) is 11.9 Å². The molecule has 1 heterocycles. The number of furan rings is 1. The van der Waals surface area contributed by atoms with Gasteiger partial charge in [-0.1, -0.05) is 6.07 Å². The van der Waals surface area contributed by atoms with Crippen LogP contribution in [0.5, 0.6) is 5.75 Å². The number of benzene rings is 1. The number of amides is 2. The Bertz CT molecular complexity index is 804. The second-order valence-electron chi connectivity index (χ2n) is 5.84. The smallest absolute Gasteiger partial charge is 0.291 e. The highest BCUT2D eigenvalue weighted by molar-refractivity contribution is 6.02. The highest BCUT2D eigenvalue weighted by atomic mass is 16.5. The molecule has 1 saturated carbocycles. The number of nitrogens with one attached hydrogen (secondary N) is 2. The first-order valence-corrected chi connectivity index (χ1v) is 7.90. The Morgan fingerprint density at radius 1 is 1.28 bits per heavy atom. The van der Waals surface area contributed by atoms with Gasteiger partial charge in [0.1, 0.15) is 11.3 Å². The molecule has 1 aliphatic carbocycles. The van der Waals surface area contributed by atoms with Gasteiger partial charge in [0.2, 0.25) is 0 Å². The van der Waals surface area contributed by atoms with Crippen molar-refractivity contribution >= 4 is 17.5 Å². The second kappa shape index (κ2) is 7.09. The highest BCUT2D eigenvalue weighted by Gasteiger charge is 2.38. The lowest BCUT2D eigenvalue weighted by Gasteiger charge is -2.35. The maximum atomic E-state index is 11.9. The molecule has 0 aliphatic heterocycles. The number of nitriles is 1. The van der Waals surface area contributed by atoms with Crippen molar-refractivity contribution in [1.82, 2.24) is 5.32 Å². The summed E-state index contributed by atoms with van der Waals surface area (Å²) in [4.78, 5) is 23.9. The number of hydrogen-bond donors (Lipinski definition) is 2. The normalized spacial score (nSPS) is 14.7. The Morgan fingerprint density at radius 3 is 2.76 bits per heavy atom. The van der Waals surface area contributed by atoms with E-state index in [0.717, 1.165) is 6.42 Å². The van der Waals surface area contributed by atoms with Gasteiger partial charge in [0, 0.05) is 11.8 Å². The predicted octanol–water partition coefficient (Wildman–Crippen LogP) is 2.47. The summed E-state index contributed by atoms with van der Waals surface area (Å²) < 4.78 is 10.5. The molecule has 0 spiro atoms. The standard InChI is InChI=1S/C18H17N3O4/c19-12-18(7-3-8-18)21-16(22)11-25-14-5-1-4-13(10-14)20-17(23)15-6-2-9-24-15/h1-2,4-6,9-10H,3,7-8,11H2,(H,20,23)(H,21,22). The number of anilines is 1. The number of hydrogen-bond acceptors (Lipinski definition) is 5. The van der Waals surface area contributed by atoms with Crippen LogP contribution in [0.25, 0.3) is 0 Å². The summed E-state index contributed by atoms with van der Waals surface area (Å²) >= 11 is 0. The van der Waals surface area contributed by atoms with Crippen LogP contribution in [0.4, 0.5) is 5.69 Å². The van der Waals surface area contributed by atoms with Crippen LogP contribution in [0.15, 0.2) is 47.1 Å². The Kier molecular flexibility index (Phi) is 4.70. The van der Waals surface area contributed by atoms with Gasteiger partial charge in [-0.2, -0.15) is 5.26 Å². The Balaban J connectivity index is 1.54. The molecule has 7 nitrogen and oxygen atoms in total. The van der Waals surface area contributed by atoms with Gasteiger partial charge in [-0.25, -0.2) is 0 Å². The van der Waals surface area contributed by atoms with Gasteiger partial charge in [-0.3, -0.25) is 9.59 Å². The fourth-order valence-electron chi connectivity index (χ4n) is 2.51. The molecule has 128 valence electrons. The van der Waals surface area contributed by atoms with Crippen molar-refractivity contribution in [2.45, 2.75) is 24.8 Å². The molecule has 2 amide bonds. The number of carbonyl (C=O) groups is 2. The third kappa shape index (κ3) is 3.98. The van der Waals surface area contributed by atoms with E-state index < -0.39 is 5.54 Å². The van der Waals surface area contributed by atoms with Gasteiger partial charge >= 0.3 is 0 Å². The summed E-state index contributed by atoms with van der Waals surface area (Å²) in [6.07, 6.45) is 3.70. The molecule has 0 unspecified atom stereocenters. The Labute approximate surface area is 144 Å². The first-order chi connectivity index (χ1) is 12.1. The molecule has 0 bridgehead atoms. The molecule has 7 heteroatoms. The molecule has 3 rings (SSSR count). The summed E-state index contributed by atoms with van der Waals surface area (Å²) in [5.74, 6) is -0.0767. The predicted molar refractivity (Wildman–Crippen MR) is 88.9 cm³/mol. The molecular formula is C18H17N3O4. The second-order valence-corrected chi connectivity index (χ2v) is 5.84. The number of ether oxygens (including phenoxy) is 1. The van der Waals surface area contributed by atoms with Crippen LogP contribution >= 0.6 is 0 Å². The SMILES string of the molecule is N#CC1(NC(=O)COc2cccc(NC(=O)c3ccco3)c2)CCC1. The van der Waals surface area contributed by atoms with Gasteiger partial charge < -0.3 is 19.8 Å².